The minimum Gasteiger partial charge on any atom is -0.419 e. The predicted molar refractivity (Wildman–Crippen MR) is 36.8 cm³/mol. The Bertz CT molecular complexity index is 256. The Balaban J connectivity index is 2.64. The van der Waals surface area contributed by atoms with E-state index in [4.69, 9.17) is 10.5 Å². The fourth-order valence-electron chi connectivity index (χ4n) is 0.508. The molecule has 5 nitrogen and oxygen atoms in total. The Labute approximate surface area is 63.1 Å². The minimum absolute atomic E-state index is 0.0896. The standard InChI is InChI=1S/C6H8N2O3/c1-2-5(9)11-4-3-10-8-6(4)7/h3H,2H2,1H3,(H2,7,8). The van der Waals surface area contributed by atoms with E-state index in [0.717, 1.165) is 0 Å². The second kappa shape index (κ2) is 3.05. The lowest BCUT2D eigenvalue weighted by Crippen LogP contribution is -2.06. The van der Waals surface area contributed by atoms with Crippen LogP contribution in [0.5, 0.6) is 5.75 Å². The first-order chi connectivity index (χ1) is 5.24. The fourth-order valence-corrected chi connectivity index (χ4v) is 0.508. The Morgan fingerprint density at radius 3 is 3.09 bits per heavy atom. The van der Waals surface area contributed by atoms with Crippen LogP contribution in [0.15, 0.2) is 10.8 Å². The predicted octanol–water partition coefficient (Wildman–Crippen LogP) is 0.572. The smallest absolute Gasteiger partial charge is 0.311 e. The molecule has 0 radical (unpaired) electrons. The number of nitrogens with two attached hydrogens (primary N) is 1. The minimum atomic E-state index is -0.361. The summed E-state index contributed by atoms with van der Waals surface area (Å²) in [5, 5.41) is 3.33. The van der Waals surface area contributed by atoms with Gasteiger partial charge in [0.1, 0.15) is 0 Å². The molecule has 0 aliphatic carbocycles. The summed E-state index contributed by atoms with van der Waals surface area (Å²) < 4.78 is 9.15. The number of carbonyl (C=O) groups excluding carboxylic acids is 1. The van der Waals surface area contributed by atoms with E-state index in [1.807, 2.05) is 0 Å². The Kier molecular flexibility index (Phi) is 2.10. The average molecular weight is 156 g/mol. The van der Waals surface area contributed by atoms with E-state index >= 15 is 0 Å². The van der Waals surface area contributed by atoms with Crippen molar-refractivity contribution in [3.63, 3.8) is 0 Å². The van der Waals surface area contributed by atoms with Gasteiger partial charge in [0.15, 0.2) is 6.26 Å². The summed E-state index contributed by atoms with van der Waals surface area (Å²) in [6, 6.07) is 0. The molecule has 2 N–H and O–H groups in total. The zero-order valence-corrected chi connectivity index (χ0v) is 6.03. The first kappa shape index (κ1) is 7.59. The molecule has 0 aromatic carbocycles. The number of esters is 1. The van der Waals surface area contributed by atoms with Crippen molar-refractivity contribution in [2.45, 2.75) is 13.3 Å². The van der Waals surface area contributed by atoms with Crippen LogP contribution in [-0.4, -0.2) is 11.1 Å². The van der Waals surface area contributed by atoms with Gasteiger partial charge in [0, 0.05) is 6.42 Å². The van der Waals surface area contributed by atoms with Crippen LogP contribution in [0.1, 0.15) is 13.3 Å². The van der Waals surface area contributed by atoms with Crippen LogP contribution < -0.4 is 10.5 Å². The third kappa shape index (κ3) is 1.70. The van der Waals surface area contributed by atoms with Crippen LogP contribution in [0.2, 0.25) is 0 Å². The largest absolute Gasteiger partial charge is 0.419 e. The molecule has 0 saturated heterocycles. The summed E-state index contributed by atoms with van der Waals surface area (Å²) in [6.45, 7) is 1.69. The second-order valence-corrected chi connectivity index (χ2v) is 1.89. The molecule has 60 valence electrons. The summed E-state index contributed by atoms with van der Waals surface area (Å²) in [5.41, 5.74) is 5.26. The number of hydrogen-bond donors (Lipinski definition) is 1. The number of carbonyl (C=O) groups is 1. The van der Waals surface area contributed by atoms with Gasteiger partial charge in [-0.3, -0.25) is 4.79 Å². The second-order valence-electron chi connectivity index (χ2n) is 1.89. The van der Waals surface area contributed by atoms with E-state index in [1.165, 1.54) is 6.26 Å². The van der Waals surface area contributed by atoms with E-state index in [2.05, 4.69) is 9.68 Å². The molecule has 0 unspecified atom stereocenters. The normalized spacial score (nSPS) is 9.55. The van der Waals surface area contributed by atoms with Crippen LogP contribution in [0, 0.1) is 0 Å². The lowest BCUT2D eigenvalue weighted by atomic mass is 10.5. The summed E-state index contributed by atoms with van der Waals surface area (Å²) in [5.74, 6) is -0.0939. The van der Waals surface area contributed by atoms with E-state index in [-0.39, 0.29) is 17.5 Å². The maximum absolute atomic E-state index is 10.7. The molecule has 1 aromatic rings. The number of anilines is 1. The Morgan fingerprint density at radius 1 is 1.91 bits per heavy atom. The monoisotopic (exact) mass is 156 g/mol. The van der Waals surface area contributed by atoms with Gasteiger partial charge in [-0.15, -0.1) is 0 Å². The molecule has 0 spiro atoms. The van der Waals surface area contributed by atoms with E-state index in [9.17, 15) is 4.79 Å². The number of hydrogen-bond acceptors (Lipinski definition) is 5. The molecule has 0 amide bonds. The maximum Gasteiger partial charge on any atom is 0.311 e. The molecule has 1 heterocycles. The molecule has 5 heteroatoms. The molecular formula is C6H8N2O3. The van der Waals surface area contributed by atoms with Crippen molar-refractivity contribution >= 4 is 11.8 Å². The van der Waals surface area contributed by atoms with Crippen LogP contribution in [0.25, 0.3) is 0 Å². The number of nitrogen functional groups attached to an aromatic ring is 1. The highest BCUT2D eigenvalue weighted by molar-refractivity contribution is 5.73. The van der Waals surface area contributed by atoms with Crippen LogP contribution in [-0.2, 0) is 4.79 Å². The molecule has 11 heavy (non-hydrogen) atoms. The molecule has 1 rings (SSSR count). The van der Waals surface area contributed by atoms with Gasteiger partial charge in [-0.25, -0.2) is 0 Å². The first-order valence-corrected chi connectivity index (χ1v) is 3.14. The molecule has 0 bridgehead atoms. The average Bonchev–Trinajstić information content (AvgIpc) is 2.37. The van der Waals surface area contributed by atoms with Crippen LogP contribution >= 0.6 is 0 Å². The SMILES string of the molecule is CCC(=O)Oc1conc1N. The highest BCUT2D eigenvalue weighted by Crippen LogP contribution is 2.18. The van der Waals surface area contributed by atoms with Gasteiger partial charge in [0.25, 0.3) is 0 Å². The molecule has 0 aliphatic rings. The third-order valence-corrected chi connectivity index (χ3v) is 1.08. The number of rotatable bonds is 2. The van der Waals surface area contributed by atoms with Crippen molar-refractivity contribution in [1.29, 1.82) is 0 Å². The number of aromatic nitrogens is 1. The summed E-state index contributed by atoms with van der Waals surface area (Å²) in [4.78, 5) is 10.7. The van der Waals surface area contributed by atoms with Crippen molar-refractivity contribution in [1.82, 2.24) is 5.16 Å². The number of ether oxygens (including phenoxy) is 1. The van der Waals surface area contributed by atoms with Crippen LogP contribution in [0.3, 0.4) is 0 Å². The fraction of sp³-hybridized carbons (Fsp3) is 0.333. The van der Waals surface area contributed by atoms with Gasteiger partial charge in [0.2, 0.25) is 11.6 Å². The van der Waals surface area contributed by atoms with Gasteiger partial charge < -0.3 is 15.0 Å². The highest BCUT2D eigenvalue weighted by Gasteiger charge is 2.08. The lowest BCUT2D eigenvalue weighted by Gasteiger charge is -1.96. The van der Waals surface area contributed by atoms with Crippen molar-refractivity contribution in [2.24, 2.45) is 0 Å². The quantitative estimate of drug-likeness (QED) is 0.633. The zero-order chi connectivity index (χ0) is 8.27. The zero-order valence-electron chi connectivity index (χ0n) is 6.03. The van der Waals surface area contributed by atoms with Gasteiger partial charge in [-0.1, -0.05) is 12.1 Å². The Hall–Kier alpha value is -1.52. The van der Waals surface area contributed by atoms with Crippen molar-refractivity contribution in [2.75, 3.05) is 5.73 Å². The lowest BCUT2D eigenvalue weighted by molar-refractivity contribution is -0.134. The van der Waals surface area contributed by atoms with Crippen LogP contribution in [0.4, 0.5) is 5.82 Å². The van der Waals surface area contributed by atoms with E-state index in [0.29, 0.717) is 6.42 Å². The topological polar surface area (TPSA) is 78.3 Å². The van der Waals surface area contributed by atoms with Gasteiger partial charge in [-0.05, 0) is 0 Å². The summed E-state index contributed by atoms with van der Waals surface area (Å²) in [6.07, 6.45) is 1.48. The van der Waals surface area contributed by atoms with Crippen molar-refractivity contribution < 1.29 is 14.1 Å². The first-order valence-electron chi connectivity index (χ1n) is 3.14. The molecule has 0 atom stereocenters. The Morgan fingerprint density at radius 2 is 2.64 bits per heavy atom. The third-order valence-electron chi connectivity index (χ3n) is 1.08. The molecule has 0 aliphatic heterocycles. The summed E-state index contributed by atoms with van der Waals surface area (Å²) in [7, 11) is 0. The highest BCUT2D eigenvalue weighted by atomic mass is 16.6. The van der Waals surface area contributed by atoms with Gasteiger partial charge in [0.05, 0.1) is 0 Å². The molecule has 1 aromatic heterocycles. The molecule has 0 saturated carbocycles. The number of nitrogens with zero attached hydrogens (tertiary/aromatic N) is 1. The summed E-state index contributed by atoms with van der Waals surface area (Å²) >= 11 is 0. The van der Waals surface area contributed by atoms with E-state index in [1.54, 1.807) is 6.92 Å². The van der Waals surface area contributed by atoms with Crippen molar-refractivity contribution in [3.05, 3.63) is 6.26 Å². The molecule has 0 fully saturated rings. The van der Waals surface area contributed by atoms with Crippen molar-refractivity contribution in [3.8, 4) is 5.75 Å². The van der Waals surface area contributed by atoms with E-state index < -0.39 is 0 Å². The van der Waals surface area contributed by atoms with Gasteiger partial charge in [-0.2, -0.15) is 0 Å². The molecular weight excluding hydrogens is 148 g/mol. The van der Waals surface area contributed by atoms with Gasteiger partial charge >= 0.3 is 5.97 Å². The maximum atomic E-state index is 10.7.